The first-order chi connectivity index (χ1) is 9.26. The third-order valence-corrected chi connectivity index (χ3v) is 3.87. The number of nitrogens with two attached hydrogens (primary N) is 1. The number of ether oxygens (including phenoxy) is 1. The van der Waals surface area contributed by atoms with E-state index in [9.17, 15) is 0 Å². The van der Waals surface area contributed by atoms with Gasteiger partial charge in [0.25, 0.3) is 0 Å². The fraction of sp³-hybridized carbons (Fsp3) is 0.846. The highest BCUT2D eigenvalue weighted by molar-refractivity contribution is 4.92. The first-order valence-corrected chi connectivity index (χ1v) is 7.21. The van der Waals surface area contributed by atoms with Crippen molar-refractivity contribution in [1.29, 1.82) is 0 Å². The van der Waals surface area contributed by atoms with Crippen molar-refractivity contribution < 1.29 is 4.74 Å². The zero-order chi connectivity index (χ0) is 13.7. The molecule has 0 spiro atoms. The zero-order valence-electron chi connectivity index (χ0n) is 11.9. The van der Waals surface area contributed by atoms with Crippen LogP contribution in [0.5, 0.6) is 0 Å². The predicted molar refractivity (Wildman–Crippen MR) is 73.3 cm³/mol. The first kappa shape index (κ1) is 14.4. The van der Waals surface area contributed by atoms with E-state index in [1.165, 1.54) is 0 Å². The van der Waals surface area contributed by atoms with Gasteiger partial charge < -0.3 is 4.74 Å². The average molecular weight is 267 g/mol. The second kappa shape index (κ2) is 6.98. The van der Waals surface area contributed by atoms with E-state index in [-0.39, 0.29) is 6.04 Å². The van der Waals surface area contributed by atoms with Gasteiger partial charge in [-0.3, -0.25) is 16.0 Å². The summed E-state index contributed by atoms with van der Waals surface area (Å²) in [6, 6.07) is 0.266. The van der Waals surface area contributed by atoms with Crippen LogP contribution in [0.3, 0.4) is 0 Å². The zero-order valence-corrected chi connectivity index (χ0v) is 11.9. The van der Waals surface area contributed by atoms with Gasteiger partial charge in [-0.05, 0) is 39.0 Å². The number of rotatable bonds is 8. The van der Waals surface area contributed by atoms with Crippen LogP contribution in [-0.4, -0.2) is 33.5 Å². The molecule has 1 aromatic heterocycles. The van der Waals surface area contributed by atoms with Gasteiger partial charge in [0, 0.05) is 25.6 Å². The molecule has 1 aromatic rings. The summed E-state index contributed by atoms with van der Waals surface area (Å²) in [6.45, 7) is 5.79. The molecule has 2 rings (SSSR count). The molecule has 1 aliphatic rings. The minimum atomic E-state index is 0.266. The highest BCUT2D eigenvalue weighted by Crippen LogP contribution is 2.33. The number of aryl methyl sites for hydroxylation is 1. The van der Waals surface area contributed by atoms with Crippen LogP contribution in [0, 0.1) is 5.92 Å². The molecular weight excluding hydrogens is 242 g/mol. The van der Waals surface area contributed by atoms with Gasteiger partial charge in [0.2, 0.25) is 0 Å². The molecule has 0 radical (unpaired) electrons. The van der Waals surface area contributed by atoms with Crippen molar-refractivity contribution in [2.45, 2.75) is 58.2 Å². The topological polar surface area (TPSA) is 78.0 Å². The number of hydrazine groups is 1. The third-order valence-electron chi connectivity index (χ3n) is 3.87. The molecule has 108 valence electrons. The smallest absolute Gasteiger partial charge is 0.138 e. The van der Waals surface area contributed by atoms with Crippen LogP contribution in [0.4, 0.5) is 0 Å². The number of nitrogens with one attached hydrogen (secondary N) is 1. The molecule has 3 N–H and O–H groups in total. The van der Waals surface area contributed by atoms with Crippen molar-refractivity contribution in [2.75, 3.05) is 6.61 Å². The van der Waals surface area contributed by atoms with Gasteiger partial charge >= 0.3 is 0 Å². The lowest BCUT2D eigenvalue weighted by molar-refractivity contribution is -0.0290. The average Bonchev–Trinajstić information content (AvgIpc) is 2.82. The fourth-order valence-corrected chi connectivity index (χ4v) is 2.78. The van der Waals surface area contributed by atoms with Gasteiger partial charge in [0.1, 0.15) is 12.2 Å². The molecule has 0 aromatic carbocycles. The van der Waals surface area contributed by atoms with Crippen LogP contribution in [0.15, 0.2) is 6.33 Å². The van der Waals surface area contributed by atoms with Crippen LogP contribution in [0.25, 0.3) is 0 Å². The number of aromatic nitrogens is 3. The van der Waals surface area contributed by atoms with Crippen LogP contribution in [0.2, 0.25) is 0 Å². The van der Waals surface area contributed by atoms with Crippen LogP contribution < -0.4 is 11.3 Å². The van der Waals surface area contributed by atoms with E-state index in [0.717, 1.165) is 50.6 Å². The van der Waals surface area contributed by atoms with Crippen molar-refractivity contribution in [3.63, 3.8) is 0 Å². The van der Waals surface area contributed by atoms with Crippen LogP contribution in [-0.2, 0) is 17.7 Å². The molecule has 0 amide bonds. The highest BCUT2D eigenvalue weighted by Gasteiger charge is 2.31. The fourth-order valence-electron chi connectivity index (χ4n) is 2.78. The molecule has 0 saturated heterocycles. The van der Waals surface area contributed by atoms with Crippen LogP contribution >= 0.6 is 0 Å². The van der Waals surface area contributed by atoms with Gasteiger partial charge in [-0.1, -0.05) is 0 Å². The van der Waals surface area contributed by atoms with Gasteiger partial charge in [-0.25, -0.2) is 4.98 Å². The lowest BCUT2D eigenvalue weighted by Gasteiger charge is -2.36. The standard InChI is InChI=1S/C13H25N5O/c1-3-18-13(15-9-16-18)8-11(17-14)5-10-6-12(7-10)19-4-2/h9-12,17H,3-8,14H2,1-2H3. The molecule has 1 heterocycles. The maximum Gasteiger partial charge on any atom is 0.138 e. The summed E-state index contributed by atoms with van der Waals surface area (Å²) in [6.07, 6.45) is 6.31. The molecule has 0 bridgehead atoms. The number of hydrogen-bond donors (Lipinski definition) is 2. The van der Waals surface area contributed by atoms with E-state index in [1.54, 1.807) is 6.33 Å². The quantitative estimate of drug-likeness (QED) is 0.540. The molecule has 0 aliphatic heterocycles. The molecule has 1 aliphatic carbocycles. The minimum absolute atomic E-state index is 0.266. The molecule has 1 saturated carbocycles. The first-order valence-electron chi connectivity index (χ1n) is 7.21. The lowest BCUT2D eigenvalue weighted by atomic mass is 9.78. The van der Waals surface area contributed by atoms with E-state index < -0.39 is 0 Å². The van der Waals surface area contributed by atoms with Gasteiger partial charge in [-0.2, -0.15) is 5.10 Å². The molecule has 1 atom stereocenters. The number of nitrogens with zero attached hydrogens (tertiary/aromatic N) is 3. The Bertz CT molecular complexity index is 375. The minimum Gasteiger partial charge on any atom is -0.378 e. The Balaban J connectivity index is 1.78. The molecule has 6 nitrogen and oxygen atoms in total. The van der Waals surface area contributed by atoms with Crippen molar-refractivity contribution in [1.82, 2.24) is 20.2 Å². The van der Waals surface area contributed by atoms with Gasteiger partial charge in [-0.15, -0.1) is 0 Å². The monoisotopic (exact) mass is 267 g/mol. The van der Waals surface area contributed by atoms with E-state index >= 15 is 0 Å². The Morgan fingerprint density at radius 1 is 1.53 bits per heavy atom. The molecule has 1 unspecified atom stereocenters. The Labute approximate surface area is 114 Å². The summed E-state index contributed by atoms with van der Waals surface area (Å²) in [5.74, 6) is 7.39. The molecule has 6 heteroatoms. The van der Waals surface area contributed by atoms with E-state index in [1.807, 2.05) is 4.68 Å². The van der Waals surface area contributed by atoms with Gasteiger partial charge in [0.15, 0.2) is 0 Å². The summed E-state index contributed by atoms with van der Waals surface area (Å²) < 4.78 is 7.51. The van der Waals surface area contributed by atoms with E-state index in [2.05, 4.69) is 29.4 Å². The predicted octanol–water partition coefficient (Wildman–Crippen LogP) is 0.878. The third kappa shape index (κ3) is 3.75. The Morgan fingerprint density at radius 2 is 2.32 bits per heavy atom. The van der Waals surface area contributed by atoms with Crippen molar-refractivity contribution in [3.8, 4) is 0 Å². The van der Waals surface area contributed by atoms with E-state index in [4.69, 9.17) is 10.6 Å². The summed E-state index contributed by atoms with van der Waals surface area (Å²) in [5.41, 5.74) is 2.92. The molecule has 19 heavy (non-hydrogen) atoms. The Kier molecular flexibility index (Phi) is 5.30. The van der Waals surface area contributed by atoms with Gasteiger partial charge in [0.05, 0.1) is 6.10 Å². The number of hydrogen-bond acceptors (Lipinski definition) is 5. The molecular formula is C13H25N5O. The maximum atomic E-state index is 5.66. The summed E-state index contributed by atoms with van der Waals surface area (Å²) in [7, 11) is 0. The van der Waals surface area contributed by atoms with Crippen molar-refractivity contribution in [3.05, 3.63) is 12.2 Å². The van der Waals surface area contributed by atoms with Crippen molar-refractivity contribution in [2.24, 2.45) is 11.8 Å². The maximum absolute atomic E-state index is 5.66. The summed E-state index contributed by atoms with van der Waals surface area (Å²) in [5, 5.41) is 4.19. The Hall–Kier alpha value is -0.980. The highest BCUT2D eigenvalue weighted by atomic mass is 16.5. The Morgan fingerprint density at radius 3 is 2.95 bits per heavy atom. The van der Waals surface area contributed by atoms with Crippen molar-refractivity contribution >= 4 is 0 Å². The normalized spacial score (nSPS) is 24.2. The summed E-state index contributed by atoms with van der Waals surface area (Å²) in [4.78, 5) is 4.30. The van der Waals surface area contributed by atoms with Crippen LogP contribution in [0.1, 0.15) is 38.9 Å². The second-order valence-corrected chi connectivity index (χ2v) is 5.21. The lowest BCUT2D eigenvalue weighted by Crippen LogP contribution is -2.42. The van der Waals surface area contributed by atoms with E-state index in [0.29, 0.717) is 6.10 Å². The SMILES string of the molecule is CCOC1CC(CC(Cc2ncnn2CC)NN)C1. The molecule has 1 fully saturated rings. The summed E-state index contributed by atoms with van der Waals surface area (Å²) >= 11 is 0. The largest absolute Gasteiger partial charge is 0.378 e. The second-order valence-electron chi connectivity index (χ2n) is 5.21.